The van der Waals surface area contributed by atoms with Crippen LogP contribution >= 0.6 is 0 Å². The third kappa shape index (κ3) is 3.60. The minimum absolute atomic E-state index is 0.0677. The maximum Gasteiger partial charge on any atom is 0.271 e. The quantitative estimate of drug-likeness (QED) is 0.805. The predicted octanol–water partition coefficient (Wildman–Crippen LogP) is 2.13. The van der Waals surface area contributed by atoms with E-state index in [1.165, 1.54) is 12.5 Å². The number of nitrogens with one attached hydrogen (secondary N) is 1. The molecule has 0 bridgehead atoms. The molecule has 1 aromatic carbocycles. The van der Waals surface area contributed by atoms with Crippen LogP contribution in [0.15, 0.2) is 41.7 Å². The highest BCUT2D eigenvalue weighted by atomic mass is 32.2. The molecule has 1 aromatic heterocycles. The third-order valence-corrected chi connectivity index (χ3v) is 8.36. The molecule has 0 atom stereocenters. The van der Waals surface area contributed by atoms with Crippen LogP contribution in [0.1, 0.15) is 36.2 Å². The van der Waals surface area contributed by atoms with Crippen LogP contribution in [0.3, 0.4) is 0 Å². The maximum absolute atomic E-state index is 13.5. The molecule has 1 aliphatic carbocycles. The lowest BCUT2D eigenvalue weighted by Crippen LogP contribution is -2.52. The van der Waals surface area contributed by atoms with Gasteiger partial charge in [0.15, 0.2) is 0 Å². The van der Waals surface area contributed by atoms with Gasteiger partial charge in [0.2, 0.25) is 10.0 Å². The van der Waals surface area contributed by atoms with Crippen LogP contribution in [0.2, 0.25) is 0 Å². The molecular formula is C21H26N4O4S. The fraction of sp³-hybridized carbons (Fsp3) is 0.524. The number of rotatable bonds is 3. The number of hydrogen-bond acceptors (Lipinski definition) is 5. The summed E-state index contributed by atoms with van der Waals surface area (Å²) in [6.45, 7) is 2.59. The Morgan fingerprint density at radius 3 is 2.70 bits per heavy atom. The number of aromatic amines is 1. The zero-order chi connectivity index (χ0) is 20.8. The number of amides is 1. The molecule has 2 aromatic rings. The van der Waals surface area contributed by atoms with E-state index < -0.39 is 10.0 Å². The monoisotopic (exact) mass is 430 g/mol. The molecule has 1 saturated heterocycles. The Labute approximate surface area is 176 Å². The molecule has 5 rings (SSSR count). The average Bonchev–Trinajstić information content (AvgIpc) is 3.40. The van der Waals surface area contributed by atoms with E-state index >= 15 is 0 Å². The lowest BCUT2D eigenvalue weighted by Gasteiger charge is -2.45. The third-order valence-electron chi connectivity index (χ3n) is 6.51. The summed E-state index contributed by atoms with van der Waals surface area (Å²) in [5, 5.41) is 0. The summed E-state index contributed by atoms with van der Waals surface area (Å²) >= 11 is 0. The summed E-state index contributed by atoms with van der Waals surface area (Å²) in [5.41, 5.74) is 0.173. The predicted molar refractivity (Wildman–Crippen MR) is 110 cm³/mol. The van der Waals surface area contributed by atoms with E-state index in [1.807, 2.05) is 4.90 Å². The summed E-state index contributed by atoms with van der Waals surface area (Å²) in [4.78, 5) is 21.5. The molecule has 1 amide bonds. The van der Waals surface area contributed by atoms with Gasteiger partial charge >= 0.3 is 0 Å². The van der Waals surface area contributed by atoms with Crippen molar-refractivity contribution < 1.29 is 17.9 Å². The number of H-pyrrole nitrogens is 1. The van der Waals surface area contributed by atoms with Gasteiger partial charge in [-0.15, -0.1) is 0 Å². The van der Waals surface area contributed by atoms with E-state index in [4.69, 9.17) is 4.74 Å². The van der Waals surface area contributed by atoms with Crippen LogP contribution in [0, 0.1) is 11.3 Å². The van der Waals surface area contributed by atoms with E-state index in [9.17, 15) is 13.2 Å². The van der Waals surface area contributed by atoms with Crippen LogP contribution in [0.5, 0.6) is 5.75 Å². The lowest BCUT2D eigenvalue weighted by atomic mass is 9.78. The largest absolute Gasteiger partial charge is 0.492 e. The van der Waals surface area contributed by atoms with Crippen molar-refractivity contribution in [2.45, 2.75) is 30.6 Å². The number of nitrogens with zero attached hydrogens (tertiary/aromatic N) is 3. The van der Waals surface area contributed by atoms with Gasteiger partial charge in [-0.2, -0.15) is 4.31 Å². The number of benzene rings is 1. The maximum atomic E-state index is 13.5. The molecule has 8 nitrogen and oxygen atoms in total. The van der Waals surface area contributed by atoms with E-state index in [0.29, 0.717) is 63.0 Å². The highest BCUT2D eigenvalue weighted by Crippen LogP contribution is 2.41. The number of likely N-dealkylation sites (tertiary alicyclic amines) is 1. The first-order valence-electron chi connectivity index (χ1n) is 10.5. The van der Waals surface area contributed by atoms with Gasteiger partial charge in [0.25, 0.3) is 5.91 Å². The van der Waals surface area contributed by atoms with Crippen molar-refractivity contribution in [1.29, 1.82) is 0 Å². The summed E-state index contributed by atoms with van der Waals surface area (Å²) in [5.74, 6) is 0.807. The van der Waals surface area contributed by atoms with E-state index in [-0.39, 0.29) is 16.2 Å². The summed E-state index contributed by atoms with van der Waals surface area (Å²) in [7, 11) is -3.62. The van der Waals surface area contributed by atoms with Crippen molar-refractivity contribution in [3.63, 3.8) is 0 Å². The molecule has 1 spiro atoms. The number of ether oxygens (including phenoxy) is 1. The SMILES string of the molecule is O=C(c1cnc[nH]1)N1CCC2(CC1)COc1ccccc1S(=O)(=O)N(CC1CC1)C2. The van der Waals surface area contributed by atoms with Gasteiger partial charge < -0.3 is 14.6 Å². The minimum Gasteiger partial charge on any atom is -0.492 e. The van der Waals surface area contributed by atoms with Crippen LogP contribution in [-0.4, -0.2) is 66.3 Å². The second kappa shape index (κ2) is 7.39. The normalized spacial score (nSPS) is 23.3. The Bertz CT molecular complexity index is 1030. The van der Waals surface area contributed by atoms with E-state index in [2.05, 4.69) is 9.97 Å². The standard InChI is InChI=1S/C21H26N4O4S/c26-20(17-11-22-15-23-17)24-9-7-21(8-10-24)13-25(12-16-5-6-16)30(27,28)19-4-2-1-3-18(19)29-14-21/h1-4,11,15-16H,5-10,12-14H2,(H,22,23). The minimum atomic E-state index is -3.62. The average molecular weight is 431 g/mol. The van der Waals surface area contributed by atoms with Crippen LogP contribution in [0.25, 0.3) is 0 Å². The van der Waals surface area contributed by atoms with E-state index in [0.717, 1.165) is 12.8 Å². The van der Waals surface area contributed by atoms with Crippen molar-refractivity contribution in [1.82, 2.24) is 19.2 Å². The topological polar surface area (TPSA) is 95.6 Å². The number of imidazole rings is 1. The van der Waals surface area contributed by atoms with Gasteiger partial charge in [-0.1, -0.05) is 12.1 Å². The molecule has 1 saturated carbocycles. The first kappa shape index (κ1) is 19.6. The number of aromatic nitrogens is 2. The zero-order valence-corrected chi connectivity index (χ0v) is 17.6. The molecule has 30 heavy (non-hydrogen) atoms. The molecule has 2 fully saturated rings. The van der Waals surface area contributed by atoms with Crippen LogP contribution < -0.4 is 4.74 Å². The van der Waals surface area contributed by atoms with Crippen LogP contribution in [-0.2, 0) is 10.0 Å². The van der Waals surface area contributed by atoms with Gasteiger partial charge in [0.1, 0.15) is 16.3 Å². The highest BCUT2D eigenvalue weighted by Gasteiger charge is 2.44. The number of carbonyl (C=O) groups is 1. The summed E-state index contributed by atoms with van der Waals surface area (Å²) < 4.78 is 34.7. The highest BCUT2D eigenvalue weighted by molar-refractivity contribution is 7.89. The van der Waals surface area contributed by atoms with Crippen LogP contribution in [0.4, 0.5) is 0 Å². The van der Waals surface area contributed by atoms with Crippen molar-refractivity contribution in [2.75, 3.05) is 32.8 Å². The molecule has 9 heteroatoms. The number of fused-ring (bicyclic) bond motifs is 1. The molecule has 1 N–H and O–H groups in total. The number of carbonyl (C=O) groups excluding carboxylic acids is 1. The Balaban J connectivity index is 1.40. The Morgan fingerprint density at radius 2 is 2.00 bits per heavy atom. The number of piperidine rings is 1. The van der Waals surface area contributed by atoms with Crippen molar-refractivity contribution in [3.05, 3.63) is 42.5 Å². The second-order valence-electron chi connectivity index (χ2n) is 8.73. The number of para-hydroxylation sites is 1. The first-order chi connectivity index (χ1) is 14.5. The molecule has 0 radical (unpaired) electrons. The molecule has 3 aliphatic rings. The molecule has 0 unspecified atom stereocenters. The summed E-state index contributed by atoms with van der Waals surface area (Å²) in [6.07, 6.45) is 6.61. The zero-order valence-electron chi connectivity index (χ0n) is 16.8. The van der Waals surface area contributed by atoms with Gasteiger partial charge in [0.05, 0.1) is 19.1 Å². The lowest BCUT2D eigenvalue weighted by molar-refractivity contribution is 0.0294. The van der Waals surface area contributed by atoms with Crippen molar-refractivity contribution in [3.8, 4) is 5.75 Å². The van der Waals surface area contributed by atoms with Crippen molar-refractivity contribution >= 4 is 15.9 Å². The van der Waals surface area contributed by atoms with E-state index in [1.54, 1.807) is 28.6 Å². The number of sulfonamides is 1. The molecule has 2 aliphatic heterocycles. The summed E-state index contributed by atoms with van der Waals surface area (Å²) in [6, 6.07) is 6.91. The number of hydrogen-bond donors (Lipinski definition) is 1. The van der Waals surface area contributed by atoms with Gasteiger partial charge in [-0.3, -0.25) is 4.79 Å². The fourth-order valence-electron chi connectivity index (χ4n) is 4.44. The molecular weight excluding hydrogens is 404 g/mol. The first-order valence-corrected chi connectivity index (χ1v) is 11.9. The van der Waals surface area contributed by atoms with Gasteiger partial charge in [-0.25, -0.2) is 13.4 Å². The Morgan fingerprint density at radius 1 is 1.23 bits per heavy atom. The Kier molecular flexibility index (Phi) is 4.82. The fourth-order valence-corrected chi connectivity index (χ4v) is 6.20. The smallest absolute Gasteiger partial charge is 0.271 e. The Hall–Kier alpha value is -2.39. The second-order valence-corrected chi connectivity index (χ2v) is 10.6. The molecule has 3 heterocycles. The van der Waals surface area contributed by atoms with Crippen molar-refractivity contribution in [2.24, 2.45) is 11.3 Å². The molecule has 160 valence electrons. The van der Waals surface area contributed by atoms with Gasteiger partial charge in [0, 0.05) is 31.6 Å². The van der Waals surface area contributed by atoms with Gasteiger partial charge in [-0.05, 0) is 43.7 Å².